The maximum absolute atomic E-state index is 5.96. The molecular formula is C12H21N3O. The molecule has 90 valence electrons. The Hall–Kier alpha value is -1.03. The Morgan fingerprint density at radius 1 is 1.56 bits per heavy atom. The van der Waals surface area contributed by atoms with Gasteiger partial charge in [-0.3, -0.25) is 0 Å². The lowest BCUT2D eigenvalue weighted by Gasteiger charge is -2.14. The van der Waals surface area contributed by atoms with E-state index in [1.165, 1.54) is 0 Å². The second-order valence-electron chi connectivity index (χ2n) is 5.52. The fourth-order valence-corrected chi connectivity index (χ4v) is 1.93. The van der Waals surface area contributed by atoms with Crippen LogP contribution < -0.4 is 5.73 Å². The minimum Gasteiger partial charge on any atom is -0.384 e. The van der Waals surface area contributed by atoms with Gasteiger partial charge >= 0.3 is 0 Å². The molecule has 1 aliphatic heterocycles. The van der Waals surface area contributed by atoms with Crippen molar-refractivity contribution >= 4 is 5.82 Å². The van der Waals surface area contributed by atoms with Crippen LogP contribution in [-0.4, -0.2) is 22.5 Å². The van der Waals surface area contributed by atoms with Gasteiger partial charge in [0.1, 0.15) is 5.82 Å². The second kappa shape index (κ2) is 4.09. The molecule has 16 heavy (non-hydrogen) atoms. The molecule has 0 aliphatic carbocycles. The van der Waals surface area contributed by atoms with Gasteiger partial charge in [-0.05, 0) is 12.8 Å². The molecule has 0 saturated carbocycles. The second-order valence-corrected chi connectivity index (χ2v) is 5.52. The third-order valence-corrected chi connectivity index (χ3v) is 2.98. The van der Waals surface area contributed by atoms with E-state index in [2.05, 4.69) is 25.9 Å². The van der Waals surface area contributed by atoms with Gasteiger partial charge in [-0.2, -0.15) is 5.10 Å². The third-order valence-electron chi connectivity index (χ3n) is 2.98. The minimum atomic E-state index is 0.0515. The zero-order valence-corrected chi connectivity index (χ0v) is 10.4. The Bertz CT molecular complexity index is 359. The van der Waals surface area contributed by atoms with Gasteiger partial charge < -0.3 is 10.5 Å². The summed E-state index contributed by atoms with van der Waals surface area (Å²) in [6, 6.07) is 1.97. The largest absolute Gasteiger partial charge is 0.384 e. The minimum absolute atomic E-state index is 0.0515. The molecule has 2 rings (SSSR count). The monoisotopic (exact) mass is 223 g/mol. The van der Waals surface area contributed by atoms with Crippen molar-refractivity contribution < 1.29 is 4.74 Å². The Morgan fingerprint density at radius 2 is 2.31 bits per heavy atom. The van der Waals surface area contributed by atoms with Crippen molar-refractivity contribution in [1.29, 1.82) is 0 Å². The van der Waals surface area contributed by atoms with E-state index in [-0.39, 0.29) is 11.5 Å². The first-order valence-electron chi connectivity index (χ1n) is 5.92. The van der Waals surface area contributed by atoms with Crippen molar-refractivity contribution in [2.75, 3.05) is 12.3 Å². The molecule has 0 bridgehead atoms. The third kappa shape index (κ3) is 2.38. The predicted molar refractivity (Wildman–Crippen MR) is 64.3 cm³/mol. The van der Waals surface area contributed by atoms with E-state index in [4.69, 9.17) is 10.5 Å². The molecule has 1 fully saturated rings. The zero-order chi connectivity index (χ0) is 11.8. The lowest BCUT2D eigenvalue weighted by molar-refractivity contribution is 0.0943. The molecule has 0 radical (unpaired) electrons. The van der Waals surface area contributed by atoms with Crippen molar-refractivity contribution in [1.82, 2.24) is 9.78 Å². The van der Waals surface area contributed by atoms with Crippen LogP contribution in [0.1, 0.15) is 39.3 Å². The molecule has 2 N–H and O–H groups in total. The highest BCUT2D eigenvalue weighted by molar-refractivity contribution is 5.33. The maximum Gasteiger partial charge on any atom is 0.122 e. The topological polar surface area (TPSA) is 53.1 Å². The number of anilines is 1. The van der Waals surface area contributed by atoms with Crippen LogP contribution in [0.25, 0.3) is 0 Å². The van der Waals surface area contributed by atoms with E-state index in [9.17, 15) is 0 Å². The van der Waals surface area contributed by atoms with Crippen LogP contribution in [0.3, 0.4) is 0 Å². The van der Waals surface area contributed by atoms with E-state index in [0.717, 1.165) is 37.5 Å². The van der Waals surface area contributed by atoms with E-state index < -0.39 is 0 Å². The highest BCUT2D eigenvalue weighted by Gasteiger charge is 2.21. The SMILES string of the molecule is CC(C)(C)c1cc(N)n(CC2CCCO2)n1. The summed E-state index contributed by atoms with van der Waals surface area (Å²) in [5, 5.41) is 4.56. The van der Waals surface area contributed by atoms with Gasteiger partial charge in [0.05, 0.1) is 18.3 Å². The molecule has 4 nitrogen and oxygen atoms in total. The van der Waals surface area contributed by atoms with Crippen molar-refractivity contribution in [2.45, 2.75) is 51.7 Å². The fourth-order valence-electron chi connectivity index (χ4n) is 1.93. The summed E-state index contributed by atoms with van der Waals surface area (Å²) < 4.78 is 7.46. The van der Waals surface area contributed by atoms with Gasteiger partial charge in [0.15, 0.2) is 0 Å². The maximum atomic E-state index is 5.96. The fraction of sp³-hybridized carbons (Fsp3) is 0.750. The van der Waals surface area contributed by atoms with Gasteiger partial charge in [-0.1, -0.05) is 20.8 Å². The van der Waals surface area contributed by atoms with Crippen molar-refractivity contribution in [3.05, 3.63) is 11.8 Å². The molecule has 1 atom stereocenters. The van der Waals surface area contributed by atoms with Crippen LogP contribution in [0.2, 0.25) is 0 Å². The molecule has 0 amide bonds. The average Bonchev–Trinajstić information content (AvgIpc) is 2.76. The molecule has 1 aliphatic rings. The number of nitrogens with zero attached hydrogens (tertiary/aromatic N) is 2. The quantitative estimate of drug-likeness (QED) is 0.833. The van der Waals surface area contributed by atoms with Gasteiger partial charge in [0.25, 0.3) is 0 Å². The highest BCUT2D eigenvalue weighted by atomic mass is 16.5. The number of rotatable bonds is 2. The summed E-state index contributed by atoms with van der Waals surface area (Å²) in [7, 11) is 0. The summed E-state index contributed by atoms with van der Waals surface area (Å²) in [6.45, 7) is 8.08. The summed E-state index contributed by atoms with van der Waals surface area (Å²) in [4.78, 5) is 0. The lowest BCUT2D eigenvalue weighted by Crippen LogP contribution is -2.19. The van der Waals surface area contributed by atoms with Crippen LogP contribution in [0.4, 0.5) is 5.82 Å². The normalized spacial score (nSPS) is 21.6. The van der Waals surface area contributed by atoms with Crippen LogP contribution in [-0.2, 0) is 16.7 Å². The zero-order valence-electron chi connectivity index (χ0n) is 10.4. The van der Waals surface area contributed by atoms with Crippen LogP contribution in [0.15, 0.2) is 6.07 Å². The number of nitrogens with two attached hydrogens (primary N) is 1. The summed E-state index contributed by atoms with van der Waals surface area (Å²) in [5.41, 5.74) is 7.06. The number of aromatic nitrogens is 2. The number of ether oxygens (including phenoxy) is 1. The number of nitrogen functional groups attached to an aromatic ring is 1. The van der Waals surface area contributed by atoms with Gasteiger partial charge in [-0.25, -0.2) is 4.68 Å². The van der Waals surface area contributed by atoms with Crippen molar-refractivity contribution in [2.24, 2.45) is 0 Å². The van der Waals surface area contributed by atoms with Gasteiger partial charge in [0.2, 0.25) is 0 Å². The first kappa shape index (κ1) is 11.5. The lowest BCUT2D eigenvalue weighted by atomic mass is 9.92. The summed E-state index contributed by atoms with van der Waals surface area (Å²) in [6.07, 6.45) is 2.55. The predicted octanol–water partition coefficient (Wildman–Crippen LogP) is 1.94. The summed E-state index contributed by atoms with van der Waals surface area (Å²) in [5.74, 6) is 0.737. The molecule has 0 spiro atoms. The first-order chi connectivity index (χ1) is 7.47. The molecule has 0 aromatic carbocycles. The molecule has 1 unspecified atom stereocenters. The molecule has 2 heterocycles. The van der Waals surface area contributed by atoms with E-state index >= 15 is 0 Å². The van der Waals surface area contributed by atoms with Crippen LogP contribution in [0, 0.1) is 0 Å². The Labute approximate surface area is 96.8 Å². The Balaban J connectivity index is 2.12. The Morgan fingerprint density at radius 3 is 2.81 bits per heavy atom. The van der Waals surface area contributed by atoms with Crippen LogP contribution in [0.5, 0.6) is 0 Å². The van der Waals surface area contributed by atoms with Crippen LogP contribution >= 0.6 is 0 Å². The Kier molecular flexibility index (Phi) is 2.93. The molecule has 1 aromatic rings. The number of hydrogen-bond donors (Lipinski definition) is 1. The highest BCUT2D eigenvalue weighted by Crippen LogP contribution is 2.23. The van der Waals surface area contributed by atoms with Crippen molar-refractivity contribution in [3.8, 4) is 0 Å². The van der Waals surface area contributed by atoms with Gasteiger partial charge in [-0.15, -0.1) is 0 Å². The van der Waals surface area contributed by atoms with Gasteiger partial charge in [0, 0.05) is 18.1 Å². The molecular weight excluding hydrogens is 202 g/mol. The first-order valence-corrected chi connectivity index (χ1v) is 5.92. The molecule has 1 saturated heterocycles. The average molecular weight is 223 g/mol. The van der Waals surface area contributed by atoms with E-state index in [1.54, 1.807) is 0 Å². The summed E-state index contributed by atoms with van der Waals surface area (Å²) >= 11 is 0. The smallest absolute Gasteiger partial charge is 0.122 e. The van der Waals surface area contributed by atoms with E-state index in [1.807, 2.05) is 10.7 Å². The standard InChI is InChI=1S/C12H21N3O/c1-12(2,3)10-7-11(13)15(14-10)8-9-5-4-6-16-9/h7,9H,4-6,8,13H2,1-3H3. The molecule has 1 aromatic heterocycles. The van der Waals surface area contributed by atoms with Crippen molar-refractivity contribution in [3.63, 3.8) is 0 Å². The molecule has 4 heteroatoms. The van der Waals surface area contributed by atoms with E-state index in [0.29, 0.717) is 0 Å². The number of hydrogen-bond acceptors (Lipinski definition) is 3.